The summed E-state index contributed by atoms with van der Waals surface area (Å²) in [4.78, 5) is 4.36. The van der Waals surface area contributed by atoms with Gasteiger partial charge in [0, 0.05) is 12.3 Å². The monoisotopic (exact) mass is 309 g/mol. The smallest absolute Gasteiger partial charge is 0.136 e. The van der Waals surface area contributed by atoms with Gasteiger partial charge in [0.05, 0.1) is 11.8 Å². The third-order valence-electron chi connectivity index (χ3n) is 4.03. The summed E-state index contributed by atoms with van der Waals surface area (Å²) in [5.41, 5.74) is 1.74. The van der Waals surface area contributed by atoms with E-state index in [-0.39, 0.29) is 18.5 Å². The van der Waals surface area contributed by atoms with E-state index in [0.717, 1.165) is 69.9 Å². The molecular formula is C18H31NO3. The summed E-state index contributed by atoms with van der Waals surface area (Å²) in [6.07, 6.45) is 9.84. The lowest BCUT2D eigenvalue weighted by molar-refractivity contribution is 0.146. The van der Waals surface area contributed by atoms with E-state index in [2.05, 4.69) is 4.98 Å². The first kappa shape index (κ1) is 18.9. The summed E-state index contributed by atoms with van der Waals surface area (Å²) in [6, 6.07) is 3.60. The number of hydrogen-bond acceptors (Lipinski definition) is 4. The van der Waals surface area contributed by atoms with Gasteiger partial charge in [-0.15, -0.1) is 0 Å². The van der Waals surface area contributed by atoms with Gasteiger partial charge in [-0.05, 0) is 51.2 Å². The van der Waals surface area contributed by atoms with Gasteiger partial charge >= 0.3 is 0 Å². The molecule has 1 rings (SSSR count). The summed E-state index contributed by atoms with van der Waals surface area (Å²) < 4.78 is 0. The van der Waals surface area contributed by atoms with E-state index in [0.29, 0.717) is 5.69 Å². The van der Waals surface area contributed by atoms with Crippen molar-refractivity contribution in [3.8, 4) is 5.75 Å². The van der Waals surface area contributed by atoms with Crippen molar-refractivity contribution < 1.29 is 15.3 Å². The quantitative estimate of drug-likeness (QED) is 0.517. The summed E-state index contributed by atoms with van der Waals surface area (Å²) in [6.45, 7) is 2.08. The highest BCUT2D eigenvalue weighted by molar-refractivity contribution is 5.26. The molecule has 0 spiro atoms. The second-order valence-electron chi connectivity index (χ2n) is 6.09. The Kier molecular flexibility index (Phi) is 9.84. The molecule has 0 aromatic carbocycles. The molecule has 22 heavy (non-hydrogen) atoms. The van der Waals surface area contributed by atoms with Crippen LogP contribution in [0.1, 0.15) is 69.2 Å². The zero-order valence-electron chi connectivity index (χ0n) is 13.8. The average Bonchev–Trinajstić information content (AvgIpc) is 2.50. The molecule has 0 saturated carbocycles. The fourth-order valence-corrected chi connectivity index (χ4v) is 2.60. The summed E-state index contributed by atoms with van der Waals surface area (Å²) >= 11 is 0. The van der Waals surface area contributed by atoms with E-state index in [1.807, 2.05) is 13.0 Å². The Bertz CT molecular complexity index is 409. The Morgan fingerprint density at radius 2 is 1.59 bits per heavy atom. The molecule has 4 heteroatoms. The van der Waals surface area contributed by atoms with Crippen molar-refractivity contribution >= 4 is 0 Å². The largest absolute Gasteiger partial charge is 0.506 e. The van der Waals surface area contributed by atoms with Crippen LogP contribution in [-0.4, -0.2) is 33.0 Å². The van der Waals surface area contributed by atoms with Crippen LogP contribution in [-0.2, 0) is 6.42 Å². The number of aliphatic hydroxyl groups is 2. The topological polar surface area (TPSA) is 73.6 Å². The van der Waals surface area contributed by atoms with Crippen molar-refractivity contribution in [3.63, 3.8) is 0 Å². The number of rotatable bonds is 12. The van der Waals surface area contributed by atoms with Crippen LogP contribution in [0.25, 0.3) is 0 Å². The Hall–Kier alpha value is -1.13. The van der Waals surface area contributed by atoms with Crippen LogP contribution in [0.15, 0.2) is 12.1 Å². The highest BCUT2D eigenvalue weighted by Gasteiger charge is 2.04. The van der Waals surface area contributed by atoms with Gasteiger partial charge in [0.25, 0.3) is 0 Å². The molecule has 0 aliphatic heterocycles. The number of aliphatic hydroxyl groups excluding tert-OH is 2. The maximum atomic E-state index is 9.84. The van der Waals surface area contributed by atoms with E-state index in [9.17, 15) is 10.2 Å². The molecular weight excluding hydrogens is 278 g/mol. The molecule has 1 heterocycles. The fourth-order valence-electron chi connectivity index (χ4n) is 2.60. The van der Waals surface area contributed by atoms with Crippen molar-refractivity contribution in [2.24, 2.45) is 0 Å². The number of aromatic nitrogens is 1. The molecule has 0 amide bonds. The Morgan fingerprint density at radius 3 is 2.23 bits per heavy atom. The van der Waals surface area contributed by atoms with Crippen LogP contribution in [0.4, 0.5) is 0 Å². The molecule has 0 radical (unpaired) electrons. The number of pyridine rings is 1. The lowest BCUT2D eigenvalue weighted by Crippen LogP contribution is -2.06. The van der Waals surface area contributed by atoms with Crippen LogP contribution >= 0.6 is 0 Å². The standard InChI is InChI=1S/C18H31NO3/c1-15-18(22)13-12-16(19-15)9-5-2-3-6-10-17(21)11-7-4-8-14-20/h12-13,17,20-22H,2-11,14H2,1H3/t17-/m1/s1. The summed E-state index contributed by atoms with van der Waals surface area (Å²) in [5, 5.41) is 28.0. The number of aromatic hydroxyl groups is 1. The first-order valence-corrected chi connectivity index (χ1v) is 8.58. The van der Waals surface area contributed by atoms with Crippen LogP contribution < -0.4 is 0 Å². The van der Waals surface area contributed by atoms with Gasteiger partial charge in [-0.2, -0.15) is 0 Å². The van der Waals surface area contributed by atoms with Gasteiger partial charge in [0.15, 0.2) is 0 Å². The van der Waals surface area contributed by atoms with Gasteiger partial charge < -0.3 is 15.3 Å². The number of aryl methyl sites for hydroxylation is 2. The first-order chi connectivity index (χ1) is 10.6. The normalized spacial score (nSPS) is 12.5. The number of nitrogens with zero attached hydrogens (tertiary/aromatic N) is 1. The number of hydrogen-bond donors (Lipinski definition) is 3. The van der Waals surface area contributed by atoms with Crippen molar-refractivity contribution in [1.82, 2.24) is 4.98 Å². The van der Waals surface area contributed by atoms with Crippen LogP contribution in [0.2, 0.25) is 0 Å². The minimum Gasteiger partial charge on any atom is -0.506 e. The molecule has 1 aromatic heterocycles. The number of unbranched alkanes of at least 4 members (excludes halogenated alkanes) is 5. The average molecular weight is 309 g/mol. The second-order valence-corrected chi connectivity index (χ2v) is 6.09. The van der Waals surface area contributed by atoms with Gasteiger partial charge in [-0.25, -0.2) is 0 Å². The van der Waals surface area contributed by atoms with Crippen molar-refractivity contribution in [2.45, 2.75) is 77.2 Å². The summed E-state index contributed by atoms with van der Waals surface area (Å²) in [5.74, 6) is 0.261. The van der Waals surface area contributed by atoms with Crippen molar-refractivity contribution in [2.75, 3.05) is 6.61 Å². The Labute approximate surface area is 134 Å². The minimum atomic E-state index is -0.180. The van der Waals surface area contributed by atoms with E-state index < -0.39 is 0 Å². The van der Waals surface area contributed by atoms with Gasteiger partial charge in [-0.1, -0.05) is 32.1 Å². The van der Waals surface area contributed by atoms with E-state index in [4.69, 9.17) is 5.11 Å². The third-order valence-corrected chi connectivity index (χ3v) is 4.03. The Balaban J connectivity index is 2.00. The lowest BCUT2D eigenvalue weighted by Gasteiger charge is -2.10. The second kappa shape index (κ2) is 11.4. The fraction of sp³-hybridized carbons (Fsp3) is 0.722. The van der Waals surface area contributed by atoms with Gasteiger partial charge in [0.1, 0.15) is 5.75 Å². The maximum absolute atomic E-state index is 9.84. The molecule has 0 saturated heterocycles. The molecule has 0 bridgehead atoms. The van der Waals surface area contributed by atoms with Crippen molar-refractivity contribution in [3.05, 3.63) is 23.5 Å². The van der Waals surface area contributed by atoms with E-state index in [1.165, 1.54) is 0 Å². The zero-order valence-corrected chi connectivity index (χ0v) is 13.8. The SMILES string of the molecule is Cc1nc(CCCCCC[C@@H](O)CCCCCO)ccc1O. The molecule has 0 aliphatic rings. The molecule has 1 aromatic rings. The highest BCUT2D eigenvalue weighted by atomic mass is 16.3. The van der Waals surface area contributed by atoms with E-state index >= 15 is 0 Å². The Morgan fingerprint density at radius 1 is 0.955 bits per heavy atom. The first-order valence-electron chi connectivity index (χ1n) is 8.58. The van der Waals surface area contributed by atoms with Crippen LogP contribution in [0.5, 0.6) is 5.75 Å². The third kappa shape index (κ3) is 8.35. The van der Waals surface area contributed by atoms with Crippen LogP contribution in [0.3, 0.4) is 0 Å². The molecule has 0 fully saturated rings. The zero-order chi connectivity index (χ0) is 16.2. The molecule has 1 atom stereocenters. The predicted molar refractivity (Wildman–Crippen MR) is 89.0 cm³/mol. The highest BCUT2D eigenvalue weighted by Crippen LogP contribution is 2.16. The minimum absolute atomic E-state index is 0.180. The van der Waals surface area contributed by atoms with Gasteiger partial charge in [-0.3, -0.25) is 4.98 Å². The van der Waals surface area contributed by atoms with Gasteiger partial charge in [0.2, 0.25) is 0 Å². The lowest BCUT2D eigenvalue weighted by atomic mass is 10.0. The molecule has 0 aliphatic carbocycles. The van der Waals surface area contributed by atoms with Crippen LogP contribution in [0, 0.1) is 6.92 Å². The summed E-state index contributed by atoms with van der Waals surface area (Å²) in [7, 11) is 0. The molecule has 126 valence electrons. The molecule has 4 nitrogen and oxygen atoms in total. The molecule has 3 N–H and O–H groups in total. The maximum Gasteiger partial charge on any atom is 0.136 e. The molecule has 0 unspecified atom stereocenters. The van der Waals surface area contributed by atoms with E-state index in [1.54, 1.807) is 6.07 Å². The predicted octanol–water partition coefficient (Wildman–Crippen LogP) is 3.50. The van der Waals surface area contributed by atoms with Crippen molar-refractivity contribution in [1.29, 1.82) is 0 Å².